The van der Waals surface area contributed by atoms with Crippen LogP contribution in [0.2, 0.25) is 0 Å². The Morgan fingerprint density at radius 3 is 2.46 bits per heavy atom. The molecule has 1 aliphatic heterocycles. The maximum atomic E-state index is 12.8. The second-order valence-electron chi connectivity index (χ2n) is 6.34. The molecule has 0 bridgehead atoms. The molecular weight excluding hydrogens is 332 g/mol. The summed E-state index contributed by atoms with van der Waals surface area (Å²) in [5.74, 6) is -1.08. The maximum absolute atomic E-state index is 12.8. The van der Waals surface area contributed by atoms with Gasteiger partial charge in [-0.2, -0.15) is 0 Å². The van der Waals surface area contributed by atoms with E-state index in [0.29, 0.717) is 17.0 Å². The fraction of sp³-hybridized carbons (Fsp3) is 0.250. The van der Waals surface area contributed by atoms with Crippen molar-refractivity contribution < 1.29 is 19.4 Å². The molecule has 0 spiro atoms. The summed E-state index contributed by atoms with van der Waals surface area (Å²) in [7, 11) is 1.56. The second-order valence-corrected chi connectivity index (χ2v) is 6.34. The smallest absolute Gasteiger partial charge is 0.294 e. The van der Waals surface area contributed by atoms with Gasteiger partial charge in [-0.25, -0.2) is 0 Å². The number of anilines is 1. The lowest BCUT2D eigenvalue weighted by atomic mass is 9.92. The monoisotopic (exact) mass is 352 g/mol. The Labute approximate surface area is 151 Å². The highest BCUT2D eigenvalue weighted by Crippen LogP contribution is 2.41. The van der Waals surface area contributed by atoms with Crippen molar-refractivity contribution in [2.75, 3.05) is 12.0 Å². The molecule has 6 heteroatoms. The minimum Gasteiger partial charge on any atom is -0.503 e. The number of aromatic nitrogens is 1. The molecule has 0 radical (unpaired) electrons. The van der Waals surface area contributed by atoms with Crippen LogP contribution in [-0.2, 0) is 9.59 Å². The Bertz CT molecular complexity index is 857. The van der Waals surface area contributed by atoms with Gasteiger partial charge in [-0.15, -0.1) is 0 Å². The van der Waals surface area contributed by atoms with Crippen molar-refractivity contribution >= 4 is 17.4 Å². The Balaban J connectivity index is 2.14. The van der Waals surface area contributed by atoms with Crippen LogP contribution in [-0.4, -0.2) is 28.9 Å². The van der Waals surface area contributed by atoms with E-state index in [1.165, 1.54) is 4.90 Å². The summed E-state index contributed by atoms with van der Waals surface area (Å²) in [5.41, 5.74) is 1.32. The molecule has 1 unspecified atom stereocenters. The molecule has 1 aromatic heterocycles. The third-order valence-corrected chi connectivity index (χ3v) is 4.35. The molecular formula is C20H20N2O4. The first-order valence-corrected chi connectivity index (χ1v) is 8.30. The topological polar surface area (TPSA) is 79.7 Å². The molecule has 0 fully saturated rings. The summed E-state index contributed by atoms with van der Waals surface area (Å²) in [6.45, 7) is 3.48. The predicted octanol–water partition coefficient (Wildman–Crippen LogP) is 3.22. The molecule has 1 N–H and O–H groups in total. The number of carbonyl (C=O) groups excluding carboxylic acids is 2. The van der Waals surface area contributed by atoms with Crippen molar-refractivity contribution in [1.29, 1.82) is 0 Å². The molecule has 0 saturated heterocycles. The number of carbonyl (C=O) groups is 2. The lowest BCUT2D eigenvalue weighted by molar-refractivity contribution is -0.119. The van der Waals surface area contributed by atoms with E-state index < -0.39 is 17.7 Å². The molecule has 6 nitrogen and oxygen atoms in total. The van der Waals surface area contributed by atoms with Crippen LogP contribution in [0.4, 0.5) is 5.69 Å². The number of aliphatic hydroxyl groups excluding tert-OH is 1. The van der Waals surface area contributed by atoms with Crippen LogP contribution in [0, 0.1) is 5.92 Å². The van der Waals surface area contributed by atoms with Crippen LogP contribution < -0.4 is 9.64 Å². The summed E-state index contributed by atoms with van der Waals surface area (Å²) in [6, 6.07) is 9.68. The van der Waals surface area contributed by atoms with E-state index in [4.69, 9.17) is 4.74 Å². The highest BCUT2D eigenvalue weighted by Gasteiger charge is 2.44. The van der Waals surface area contributed by atoms with E-state index in [-0.39, 0.29) is 17.3 Å². The molecule has 2 aromatic rings. The van der Waals surface area contributed by atoms with Gasteiger partial charge in [0, 0.05) is 24.0 Å². The van der Waals surface area contributed by atoms with Crippen molar-refractivity contribution in [3.05, 3.63) is 65.7 Å². The molecule has 26 heavy (non-hydrogen) atoms. The number of aliphatic hydroxyl groups is 1. The van der Waals surface area contributed by atoms with Crippen LogP contribution >= 0.6 is 0 Å². The van der Waals surface area contributed by atoms with Gasteiger partial charge in [0.05, 0.1) is 18.7 Å². The summed E-state index contributed by atoms with van der Waals surface area (Å²) >= 11 is 0. The standard InChI is InChI=1S/C20H20N2O4/c1-12(2)18(23)16-17(13-5-4-10-21-11-13)22(20(25)19(16)24)14-6-8-15(26-3)9-7-14/h4-12,17,24H,1-3H3. The van der Waals surface area contributed by atoms with Gasteiger partial charge in [-0.1, -0.05) is 19.9 Å². The number of pyridine rings is 1. The Hall–Kier alpha value is -3.15. The highest BCUT2D eigenvalue weighted by atomic mass is 16.5. The number of methoxy groups -OCH3 is 1. The van der Waals surface area contributed by atoms with E-state index in [9.17, 15) is 14.7 Å². The van der Waals surface area contributed by atoms with Gasteiger partial charge in [0.1, 0.15) is 5.75 Å². The van der Waals surface area contributed by atoms with Crippen molar-refractivity contribution in [3.63, 3.8) is 0 Å². The number of hydrogen-bond donors (Lipinski definition) is 1. The van der Waals surface area contributed by atoms with Crippen molar-refractivity contribution in [2.45, 2.75) is 19.9 Å². The Morgan fingerprint density at radius 2 is 1.92 bits per heavy atom. The van der Waals surface area contributed by atoms with Gasteiger partial charge in [0.15, 0.2) is 11.5 Å². The highest BCUT2D eigenvalue weighted by molar-refractivity contribution is 6.16. The largest absolute Gasteiger partial charge is 0.503 e. The molecule has 1 amide bonds. The number of ketones is 1. The Kier molecular flexibility index (Phi) is 4.75. The molecule has 1 aliphatic rings. The zero-order valence-electron chi connectivity index (χ0n) is 14.8. The maximum Gasteiger partial charge on any atom is 0.294 e. The number of nitrogens with zero attached hydrogens (tertiary/aromatic N) is 2. The van der Waals surface area contributed by atoms with Crippen LogP contribution in [0.3, 0.4) is 0 Å². The summed E-state index contributed by atoms with van der Waals surface area (Å²) in [6.07, 6.45) is 3.21. The van der Waals surface area contributed by atoms with Crippen LogP contribution in [0.1, 0.15) is 25.5 Å². The van der Waals surface area contributed by atoms with Crippen LogP contribution in [0.5, 0.6) is 5.75 Å². The minimum atomic E-state index is -0.723. The molecule has 1 aromatic carbocycles. The Morgan fingerprint density at radius 1 is 1.23 bits per heavy atom. The fourth-order valence-corrected chi connectivity index (χ4v) is 3.03. The van der Waals surface area contributed by atoms with Gasteiger partial charge in [0.2, 0.25) is 0 Å². The van der Waals surface area contributed by atoms with Crippen LogP contribution in [0.15, 0.2) is 60.1 Å². The van der Waals surface area contributed by atoms with Crippen molar-refractivity contribution in [1.82, 2.24) is 4.98 Å². The summed E-state index contributed by atoms with van der Waals surface area (Å²) in [4.78, 5) is 31.0. The molecule has 2 heterocycles. The SMILES string of the molecule is COc1ccc(N2C(=O)C(O)=C(C(=O)C(C)C)C2c2cccnc2)cc1. The number of hydrogen-bond acceptors (Lipinski definition) is 5. The number of amides is 1. The third-order valence-electron chi connectivity index (χ3n) is 4.35. The normalized spacial score (nSPS) is 17.2. The lowest BCUT2D eigenvalue weighted by Gasteiger charge is -2.27. The third kappa shape index (κ3) is 2.94. The first-order chi connectivity index (χ1) is 12.5. The van der Waals surface area contributed by atoms with Gasteiger partial charge in [-0.3, -0.25) is 19.5 Å². The minimum absolute atomic E-state index is 0.105. The number of rotatable bonds is 5. The first kappa shape index (κ1) is 17.7. The van der Waals surface area contributed by atoms with Gasteiger partial charge >= 0.3 is 0 Å². The zero-order valence-corrected chi connectivity index (χ0v) is 14.8. The molecule has 134 valence electrons. The average Bonchev–Trinajstić information content (AvgIpc) is 2.93. The average molecular weight is 352 g/mol. The van der Waals surface area contributed by atoms with Crippen molar-refractivity contribution in [3.8, 4) is 5.75 Å². The van der Waals surface area contributed by atoms with E-state index in [1.54, 1.807) is 69.7 Å². The van der Waals surface area contributed by atoms with Gasteiger partial charge in [0.25, 0.3) is 5.91 Å². The molecule has 1 atom stereocenters. The number of ether oxygens (including phenoxy) is 1. The van der Waals surface area contributed by atoms with E-state index in [2.05, 4.69) is 4.98 Å². The van der Waals surface area contributed by atoms with Crippen LogP contribution in [0.25, 0.3) is 0 Å². The zero-order chi connectivity index (χ0) is 18.8. The predicted molar refractivity (Wildman–Crippen MR) is 97.0 cm³/mol. The summed E-state index contributed by atoms with van der Waals surface area (Å²) in [5, 5.41) is 10.5. The lowest BCUT2D eigenvalue weighted by Crippen LogP contribution is -2.31. The van der Waals surface area contributed by atoms with E-state index in [0.717, 1.165) is 0 Å². The first-order valence-electron chi connectivity index (χ1n) is 8.30. The van der Waals surface area contributed by atoms with E-state index in [1.807, 2.05) is 0 Å². The quantitative estimate of drug-likeness (QED) is 0.894. The molecule has 0 saturated carbocycles. The molecule has 0 aliphatic carbocycles. The van der Waals surface area contributed by atoms with E-state index >= 15 is 0 Å². The van der Waals surface area contributed by atoms with Gasteiger partial charge < -0.3 is 9.84 Å². The summed E-state index contributed by atoms with van der Waals surface area (Å²) < 4.78 is 5.15. The number of benzene rings is 1. The fourth-order valence-electron chi connectivity index (χ4n) is 3.03. The van der Waals surface area contributed by atoms with Crippen molar-refractivity contribution in [2.24, 2.45) is 5.92 Å². The number of Topliss-reactive ketones (excluding diaryl/α,β-unsaturated/α-hetero) is 1. The van der Waals surface area contributed by atoms with Gasteiger partial charge in [-0.05, 0) is 35.9 Å². The second kappa shape index (κ2) is 7.00. The molecule has 3 rings (SSSR count).